The van der Waals surface area contributed by atoms with E-state index in [4.69, 9.17) is 0 Å². The number of hydrogen-bond acceptors (Lipinski definition) is 3. The second kappa shape index (κ2) is 8.41. The van der Waals surface area contributed by atoms with Gasteiger partial charge in [-0.3, -0.25) is 0 Å². The standard InChI is InChI=1S/C27H23NO3S/c1-19-16-20(2)18-22(17-19)28(32(3,30)31)15-14-21-8-4-5-9-23(21)25-12-13-27(29)26-11-7-6-10-24(25)26/h4-13,16-18,29H,1-3H3. The molecule has 4 nitrogen and oxygen atoms in total. The van der Waals surface area contributed by atoms with Gasteiger partial charge in [-0.15, -0.1) is 0 Å². The van der Waals surface area contributed by atoms with Crippen molar-refractivity contribution in [2.45, 2.75) is 13.8 Å². The average molecular weight is 442 g/mol. The molecule has 0 radical (unpaired) electrons. The Morgan fingerprint density at radius 3 is 2.09 bits per heavy atom. The van der Waals surface area contributed by atoms with E-state index in [2.05, 4.69) is 12.0 Å². The summed E-state index contributed by atoms with van der Waals surface area (Å²) in [5.41, 5.74) is 4.93. The van der Waals surface area contributed by atoms with E-state index in [0.717, 1.165) is 43.6 Å². The SMILES string of the molecule is Cc1cc(C)cc(N(C#Cc2ccccc2-c2ccc(O)c3ccccc23)S(C)(=O)=O)c1. The van der Waals surface area contributed by atoms with Crippen LogP contribution in [0.25, 0.3) is 21.9 Å². The first-order valence-electron chi connectivity index (χ1n) is 10.1. The largest absolute Gasteiger partial charge is 0.507 e. The van der Waals surface area contributed by atoms with Gasteiger partial charge in [-0.25, -0.2) is 8.42 Å². The fourth-order valence-electron chi connectivity index (χ4n) is 3.86. The molecule has 0 fully saturated rings. The summed E-state index contributed by atoms with van der Waals surface area (Å²) < 4.78 is 26.2. The van der Waals surface area contributed by atoms with E-state index >= 15 is 0 Å². The molecule has 0 aromatic heterocycles. The minimum Gasteiger partial charge on any atom is -0.507 e. The Balaban J connectivity index is 1.87. The minimum absolute atomic E-state index is 0.214. The Labute approximate surface area is 188 Å². The lowest BCUT2D eigenvalue weighted by atomic mass is 9.94. The van der Waals surface area contributed by atoms with Gasteiger partial charge in [0.2, 0.25) is 10.0 Å². The van der Waals surface area contributed by atoms with Crippen LogP contribution in [0.4, 0.5) is 5.69 Å². The predicted molar refractivity (Wildman–Crippen MR) is 131 cm³/mol. The van der Waals surface area contributed by atoms with Gasteiger partial charge < -0.3 is 5.11 Å². The summed E-state index contributed by atoms with van der Waals surface area (Å²) in [6, 6.07) is 27.2. The molecular weight excluding hydrogens is 418 g/mol. The summed E-state index contributed by atoms with van der Waals surface area (Å²) in [5.74, 6) is 3.28. The second-order valence-corrected chi connectivity index (χ2v) is 9.66. The maximum atomic E-state index is 12.5. The van der Waals surface area contributed by atoms with Crippen molar-refractivity contribution >= 4 is 26.5 Å². The Hall–Kier alpha value is -3.75. The molecule has 4 aromatic carbocycles. The number of hydrogen-bond donors (Lipinski definition) is 1. The van der Waals surface area contributed by atoms with Crippen molar-refractivity contribution in [1.82, 2.24) is 0 Å². The molecule has 0 amide bonds. The number of phenolic OH excluding ortho intramolecular Hbond substituents is 1. The molecule has 1 N–H and O–H groups in total. The summed E-state index contributed by atoms with van der Waals surface area (Å²) in [6.45, 7) is 3.85. The van der Waals surface area contributed by atoms with E-state index < -0.39 is 10.0 Å². The van der Waals surface area contributed by atoms with E-state index in [1.807, 2.05) is 86.6 Å². The molecular formula is C27H23NO3S. The summed E-state index contributed by atoms with van der Waals surface area (Å²) in [5, 5.41) is 11.9. The van der Waals surface area contributed by atoms with Gasteiger partial charge in [0.1, 0.15) is 5.75 Å². The lowest BCUT2D eigenvalue weighted by Crippen LogP contribution is -2.24. The molecule has 0 atom stereocenters. The number of nitrogens with zero attached hydrogens (tertiary/aromatic N) is 1. The van der Waals surface area contributed by atoms with Crippen molar-refractivity contribution in [2.75, 3.05) is 10.6 Å². The van der Waals surface area contributed by atoms with Gasteiger partial charge in [-0.2, -0.15) is 4.31 Å². The Morgan fingerprint density at radius 1 is 0.781 bits per heavy atom. The molecule has 32 heavy (non-hydrogen) atoms. The molecule has 0 bridgehead atoms. The number of phenols is 1. The van der Waals surface area contributed by atoms with Crippen LogP contribution in [0.1, 0.15) is 16.7 Å². The highest BCUT2D eigenvalue weighted by Gasteiger charge is 2.16. The van der Waals surface area contributed by atoms with Gasteiger partial charge in [0.25, 0.3) is 0 Å². The van der Waals surface area contributed by atoms with Gasteiger partial charge in [-0.1, -0.05) is 54.6 Å². The number of sulfonamides is 1. The third-order valence-electron chi connectivity index (χ3n) is 5.18. The fourth-order valence-corrected chi connectivity index (χ4v) is 4.56. The van der Waals surface area contributed by atoms with Gasteiger partial charge in [0.05, 0.1) is 11.9 Å². The molecule has 0 aliphatic rings. The van der Waals surface area contributed by atoms with Crippen LogP contribution in [0.2, 0.25) is 0 Å². The topological polar surface area (TPSA) is 57.6 Å². The first-order chi connectivity index (χ1) is 15.2. The number of rotatable bonds is 3. The quantitative estimate of drug-likeness (QED) is 0.332. The molecule has 5 heteroatoms. The first kappa shape index (κ1) is 21.5. The molecule has 0 spiro atoms. The summed E-state index contributed by atoms with van der Waals surface area (Å²) in [6.07, 6.45) is 1.15. The maximum absolute atomic E-state index is 12.5. The first-order valence-corrected chi connectivity index (χ1v) is 12.0. The van der Waals surface area contributed by atoms with Crippen molar-refractivity contribution in [3.05, 3.63) is 95.6 Å². The van der Waals surface area contributed by atoms with Gasteiger partial charge in [0, 0.05) is 17.0 Å². The van der Waals surface area contributed by atoms with E-state index in [-0.39, 0.29) is 5.75 Å². The Bertz CT molecular complexity index is 1470. The predicted octanol–water partition coefficient (Wildman–Crippen LogP) is 5.60. The third-order valence-corrected chi connectivity index (χ3v) is 6.15. The number of benzene rings is 4. The van der Waals surface area contributed by atoms with Crippen molar-refractivity contribution in [1.29, 1.82) is 0 Å². The molecule has 4 aromatic rings. The monoisotopic (exact) mass is 441 g/mol. The average Bonchev–Trinajstić information content (AvgIpc) is 2.73. The minimum atomic E-state index is -3.61. The lowest BCUT2D eigenvalue weighted by Gasteiger charge is -2.16. The van der Waals surface area contributed by atoms with Crippen LogP contribution in [0.3, 0.4) is 0 Å². The smallest absolute Gasteiger partial charge is 0.243 e. The van der Waals surface area contributed by atoms with E-state index in [9.17, 15) is 13.5 Å². The molecule has 0 aliphatic carbocycles. The third kappa shape index (κ3) is 4.32. The summed E-state index contributed by atoms with van der Waals surface area (Å²) in [4.78, 5) is 0. The van der Waals surface area contributed by atoms with Crippen LogP contribution in [0.5, 0.6) is 5.75 Å². The van der Waals surface area contributed by atoms with E-state index in [1.165, 1.54) is 0 Å². The molecule has 160 valence electrons. The lowest BCUT2D eigenvalue weighted by molar-refractivity contribution is 0.481. The zero-order valence-corrected chi connectivity index (χ0v) is 18.9. The highest BCUT2D eigenvalue weighted by atomic mass is 32.2. The van der Waals surface area contributed by atoms with Crippen LogP contribution in [0.15, 0.2) is 78.9 Å². The number of fused-ring (bicyclic) bond motifs is 1. The summed E-state index contributed by atoms with van der Waals surface area (Å²) >= 11 is 0. The number of aromatic hydroxyl groups is 1. The number of aryl methyl sites for hydroxylation is 2. The second-order valence-electron chi connectivity index (χ2n) is 7.83. The molecule has 4 rings (SSSR count). The summed E-state index contributed by atoms with van der Waals surface area (Å²) in [7, 11) is -3.61. The molecule has 0 aliphatic heterocycles. The van der Waals surface area contributed by atoms with Gasteiger partial charge >= 0.3 is 0 Å². The molecule has 0 saturated heterocycles. The van der Waals surface area contributed by atoms with Crippen LogP contribution in [-0.2, 0) is 10.0 Å². The van der Waals surface area contributed by atoms with Crippen molar-refractivity contribution in [2.24, 2.45) is 0 Å². The molecule has 0 unspecified atom stereocenters. The zero-order chi connectivity index (χ0) is 22.9. The van der Waals surface area contributed by atoms with Crippen LogP contribution in [-0.4, -0.2) is 19.8 Å². The van der Waals surface area contributed by atoms with Crippen molar-refractivity contribution in [3.8, 4) is 28.8 Å². The van der Waals surface area contributed by atoms with Crippen LogP contribution >= 0.6 is 0 Å². The molecule has 0 saturated carbocycles. The normalized spacial score (nSPS) is 11.1. The van der Waals surface area contributed by atoms with E-state index in [0.29, 0.717) is 11.3 Å². The Morgan fingerprint density at radius 2 is 1.41 bits per heavy atom. The Kier molecular flexibility index (Phi) is 5.65. The van der Waals surface area contributed by atoms with Crippen LogP contribution in [0, 0.1) is 25.8 Å². The molecule has 0 heterocycles. The van der Waals surface area contributed by atoms with E-state index in [1.54, 1.807) is 6.07 Å². The highest BCUT2D eigenvalue weighted by Crippen LogP contribution is 2.35. The fraction of sp³-hybridized carbons (Fsp3) is 0.111. The zero-order valence-electron chi connectivity index (χ0n) is 18.1. The maximum Gasteiger partial charge on any atom is 0.243 e. The van der Waals surface area contributed by atoms with Gasteiger partial charge in [0.15, 0.2) is 0 Å². The number of anilines is 1. The van der Waals surface area contributed by atoms with Crippen LogP contribution < -0.4 is 4.31 Å². The van der Waals surface area contributed by atoms with Gasteiger partial charge in [-0.05, 0) is 71.7 Å². The van der Waals surface area contributed by atoms with Crippen molar-refractivity contribution < 1.29 is 13.5 Å². The van der Waals surface area contributed by atoms with Crippen molar-refractivity contribution in [3.63, 3.8) is 0 Å². The highest BCUT2D eigenvalue weighted by molar-refractivity contribution is 7.92.